The van der Waals surface area contributed by atoms with E-state index in [0.29, 0.717) is 16.7 Å². The van der Waals surface area contributed by atoms with Crippen LogP contribution in [0, 0.1) is 6.92 Å². The third-order valence-electron chi connectivity index (χ3n) is 6.99. The van der Waals surface area contributed by atoms with Gasteiger partial charge in [-0.1, -0.05) is 60.7 Å². The van der Waals surface area contributed by atoms with Crippen LogP contribution in [0.5, 0.6) is 5.75 Å². The molecular weight excluding hydrogens is 470 g/mol. The van der Waals surface area contributed by atoms with Crippen molar-refractivity contribution in [3.05, 3.63) is 136 Å². The van der Waals surface area contributed by atoms with E-state index in [1.54, 1.807) is 11.7 Å². The van der Waals surface area contributed by atoms with E-state index in [0.717, 1.165) is 34.6 Å². The number of hydrogen-bond acceptors (Lipinski definition) is 3. The zero-order valence-electron chi connectivity index (χ0n) is 21.3. The molecule has 0 saturated carbocycles. The van der Waals surface area contributed by atoms with E-state index in [-0.39, 0.29) is 5.56 Å². The smallest absolute Gasteiger partial charge is 0.266 e. The molecule has 38 heavy (non-hydrogen) atoms. The fourth-order valence-electron chi connectivity index (χ4n) is 5.04. The number of aromatic nitrogens is 3. The summed E-state index contributed by atoms with van der Waals surface area (Å²) in [6.07, 6.45) is 4.02. The molecule has 0 fully saturated rings. The highest BCUT2D eigenvalue weighted by Gasteiger charge is 2.14. The Morgan fingerprint density at radius 3 is 2.24 bits per heavy atom. The minimum absolute atomic E-state index is 0.108. The zero-order valence-corrected chi connectivity index (χ0v) is 21.3. The van der Waals surface area contributed by atoms with Gasteiger partial charge >= 0.3 is 0 Å². The molecule has 0 atom stereocenters. The van der Waals surface area contributed by atoms with Crippen molar-refractivity contribution in [2.75, 3.05) is 7.11 Å². The molecule has 6 aromatic rings. The molecule has 0 N–H and O–H groups in total. The van der Waals surface area contributed by atoms with Gasteiger partial charge in [-0.15, -0.1) is 0 Å². The molecule has 0 unspecified atom stereocenters. The van der Waals surface area contributed by atoms with Crippen molar-refractivity contribution >= 4 is 34.0 Å². The normalized spacial score (nSPS) is 11.5. The van der Waals surface area contributed by atoms with Crippen LogP contribution >= 0.6 is 0 Å². The molecule has 0 aliphatic heterocycles. The van der Waals surface area contributed by atoms with Gasteiger partial charge in [0, 0.05) is 28.7 Å². The highest BCUT2D eigenvalue weighted by atomic mass is 16.5. The van der Waals surface area contributed by atoms with Crippen LogP contribution in [0.25, 0.3) is 39.6 Å². The lowest BCUT2D eigenvalue weighted by Gasteiger charge is -2.12. The SMILES string of the molecule is COc1ccc(-n2c(/C=C/c3c(C)n(Cc4ccccc4)c4ccccc34)nc3ccccc3c2=O)cc1. The maximum absolute atomic E-state index is 13.7. The second-order valence-corrected chi connectivity index (χ2v) is 9.25. The van der Waals surface area contributed by atoms with E-state index in [1.165, 1.54) is 11.1 Å². The van der Waals surface area contributed by atoms with Gasteiger partial charge in [-0.3, -0.25) is 9.36 Å². The van der Waals surface area contributed by atoms with E-state index < -0.39 is 0 Å². The van der Waals surface area contributed by atoms with Crippen LogP contribution in [-0.4, -0.2) is 21.2 Å². The van der Waals surface area contributed by atoms with E-state index in [2.05, 4.69) is 66.1 Å². The molecule has 0 aliphatic rings. The van der Waals surface area contributed by atoms with Crippen LogP contribution in [0.15, 0.2) is 108 Å². The second-order valence-electron chi connectivity index (χ2n) is 9.25. The number of fused-ring (bicyclic) bond motifs is 2. The standard InChI is InChI=1S/C33H27N3O2/c1-23-27(28-12-7-9-15-31(28)35(23)22-24-10-4-3-5-11-24)20-21-32-34-30-14-8-6-13-29(30)33(37)36(32)25-16-18-26(38-2)19-17-25/h3-21H,22H2,1-2H3/b21-20+. The molecule has 0 spiro atoms. The molecule has 6 rings (SSSR count). The van der Waals surface area contributed by atoms with Gasteiger partial charge in [-0.25, -0.2) is 4.98 Å². The number of benzene rings is 4. The number of hydrogen-bond donors (Lipinski definition) is 0. The van der Waals surface area contributed by atoms with Crippen molar-refractivity contribution in [2.45, 2.75) is 13.5 Å². The summed E-state index contributed by atoms with van der Waals surface area (Å²) in [6.45, 7) is 2.93. The molecule has 0 radical (unpaired) electrons. The Bertz CT molecular complexity index is 1850. The monoisotopic (exact) mass is 497 g/mol. The van der Waals surface area contributed by atoms with Crippen LogP contribution in [0.1, 0.15) is 22.6 Å². The largest absolute Gasteiger partial charge is 0.497 e. The van der Waals surface area contributed by atoms with E-state index in [4.69, 9.17) is 9.72 Å². The quantitative estimate of drug-likeness (QED) is 0.252. The molecule has 0 aliphatic carbocycles. The number of ether oxygens (including phenoxy) is 1. The topological polar surface area (TPSA) is 49.0 Å². The average Bonchev–Trinajstić information content (AvgIpc) is 3.23. The predicted molar refractivity (Wildman–Crippen MR) is 155 cm³/mol. The van der Waals surface area contributed by atoms with Gasteiger partial charge in [0.25, 0.3) is 5.56 Å². The first-order chi connectivity index (χ1) is 18.6. The van der Waals surface area contributed by atoms with Crippen molar-refractivity contribution in [1.82, 2.24) is 14.1 Å². The van der Waals surface area contributed by atoms with Crippen molar-refractivity contribution in [2.24, 2.45) is 0 Å². The van der Waals surface area contributed by atoms with Gasteiger partial charge < -0.3 is 9.30 Å². The van der Waals surface area contributed by atoms with Gasteiger partial charge in [0.05, 0.1) is 23.7 Å². The zero-order chi connectivity index (χ0) is 26.1. The lowest BCUT2D eigenvalue weighted by Crippen LogP contribution is -2.22. The summed E-state index contributed by atoms with van der Waals surface area (Å²) < 4.78 is 9.33. The first-order valence-corrected chi connectivity index (χ1v) is 12.6. The van der Waals surface area contributed by atoms with E-state index in [1.807, 2.05) is 60.7 Å². The maximum atomic E-state index is 13.7. The third-order valence-corrected chi connectivity index (χ3v) is 6.99. The summed E-state index contributed by atoms with van der Waals surface area (Å²) in [7, 11) is 1.63. The van der Waals surface area contributed by atoms with E-state index >= 15 is 0 Å². The summed E-state index contributed by atoms with van der Waals surface area (Å²) in [6, 6.07) is 33.8. The van der Waals surface area contributed by atoms with Gasteiger partial charge in [-0.2, -0.15) is 0 Å². The van der Waals surface area contributed by atoms with Gasteiger partial charge in [0.15, 0.2) is 0 Å². The predicted octanol–water partition coefficient (Wildman–Crippen LogP) is 6.88. The Hall–Kier alpha value is -4.90. The second kappa shape index (κ2) is 9.87. The summed E-state index contributed by atoms with van der Waals surface area (Å²) in [5.74, 6) is 1.30. The van der Waals surface area contributed by atoms with Crippen LogP contribution in [-0.2, 0) is 6.54 Å². The molecule has 5 heteroatoms. The Morgan fingerprint density at radius 1 is 0.789 bits per heavy atom. The molecular formula is C33H27N3O2. The van der Waals surface area contributed by atoms with Crippen LogP contribution in [0.2, 0.25) is 0 Å². The molecule has 5 nitrogen and oxygen atoms in total. The van der Waals surface area contributed by atoms with Gasteiger partial charge in [0.1, 0.15) is 11.6 Å². The molecule has 4 aromatic carbocycles. The minimum atomic E-state index is -0.108. The van der Waals surface area contributed by atoms with Crippen LogP contribution < -0.4 is 10.3 Å². The van der Waals surface area contributed by atoms with Crippen LogP contribution in [0.3, 0.4) is 0 Å². The molecule has 0 amide bonds. The number of rotatable bonds is 6. The van der Waals surface area contributed by atoms with Crippen molar-refractivity contribution < 1.29 is 4.74 Å². The minimum Gasteiger partial charge on any atom is -0.497 e. The Labute approximate surface area is 220 Å². The van der Waals surface area contributed by atoms with Gasteiger partial charge in [-0.05, 0) is 67.1 Å². The summed E-state index contributed by atoms with van der Waals surface area (Å²) in [5, 5.41) is 1.74. The molecule has 0 saturated heterocycles. The molecule has 2 heterocycles. The number of para-hydroxylation sites is 2. The van der Waals surface area contributed by atoms with Crippen LogP contribution in [0.4, 0.5) is 0 Å². The highest BCUT2D eigenvalue weighted by Crippen LogP contribution is 2.29. The fraction of sp³-hybridized carbons (Fsp3) is 0.0909. The summed E-state index contributed by atoms with van der Waals surface area (Å²) in [4.78, 5) is 18.5. The lowest BCUT2D eigenvalue weighted by molar-refractivity contribution is 0.414. The fourth-order valence-corrected chi connectivity index (χ4v) is 5.04. The Morgan fingerprint density at radius 2 is 1.47 bits per heavy atom. The van der Waals surface area contributed by atoms with Crippen molar-refractivity contribution in [1.29, 1.82) is 0 Å². The summed E-state index contributed by atoms with van der Waals surface area (Å²) in [5.41, 5.74) is 5.99. The van der Waals surface area contributed by atoms with Crippen molar-refractivity contribution in [3.8, 4) is 11.4 Å². The number of nitrogens with zero attached hydrogens (tertiary/aromatic N) is 3. The molecule has 0 bridgehead atoms. The first-order valence-electron chi connectivity index (χ1n) is 12.6. The van der Waals surface area contributed by atoms with Crippen molar-refractivity contribution in [3.63, 3.8) is 0 Å². The maximum Gasteiger partial charge on any atom is 0.266 e. The molecule has 186 valence electrons. The summed E-state index contributed by atoms with van der Waals surface area (Å²) >= 11 is 0. The first kappa shape index (κ1) is 23.5. The highest BCUT2D eigenvalue weighted by molar-refractivity contribution is 5.94. The lowest BCUT2D eigenvalue weighted by atomic mass is 10.1. The Kier molecular flexibility index (Phi) is 6.10. The third kappa shape index (κ3) is 4.18. The number of methoxy groups -OCH3 is 1. The average molecular weight is 498 g/mol. The van der Waals surface area contributed by atoms with E-state index in [9.17, 15) is 4.79 Å². The Balaban J connectivity index is 1.51. The van der Waals surface area contributed by atoms with Gasteiger partial charge in [0.2, 0.25) is 0 Å². The molecule has 2 aromatic heterocycles.